The lowest BCUT2D eigenvalue weighted by Crippen LogP contribution is -2.57. The molecule has 164 valence electrons. The Balaban J connectivity index is 1.56. The van der Waals surface area contributed by atoms with Gasteiger partial charge >= 0.3 is 0 Å². The number of hydrogen-bond acceptors (Lipinski definition) is 0. The average molecular weight is 437 g/mol. The van der Waals surface area contributed by atoms with Crippen molar-refractivity contribution in [2.24, 2.45) is 11.3 Å². The Labute approximate surface area is 202 Å². The fourth-order valence-electron chi connectivity index (χ4n) is 8.66. The molecular formula is C34H28. The van der Waals surface area contributed by atoms with Crippen LogP contribution in [0.5, 0.6) is 0 Å². The number of benzene rings is 4. The SMILES string of the molecule is c1ccc(C2=C3CC[C@@H]3C34CC[C@@H]3c3ccccc3[C@@]4(c3ccccc3)c3ccccc32)cc1. The first-order chi connectivity index (χ1) is 16.9. The van der Waals surface area contributed by atoms with Crippen LogP contribution in [0.1, 0.15) is 65.0 Å². The van der Waals surface area contributed by atoms with Crippen LogP contribution >= 0.6 is 0 Å². The van der Waals surface area contributed by atoms with Crippen LogP contribution in [0, 0.1) is 11.3 Å². The van der Waals surface area contributed by atoms with Gasteiger partial charge in [-0.1, -0.05) is 115 Å². The Morgan fingerprint density at radius 3 is 1.97 bits per heavy atom. The van der Waals surface area contributed by atoms with Gasteiger partial charge in [-0.25, -0.2) is 0 Å². The van der Waals surface area contributed by atoms with Gasteiger partial charge in [0.25, 0.3) is 0 Å². The minimum Gasteiger partial charge on any atom is -0.0622 e. The lowest BCUT2D eigenvalue weighted by Gasteiger charge is -2.62. The second-order valence-corrected chi connectivity index (χ2v) is 10.7. The summed E-state index contributed by atoms with van der Waals surface area (Å²) in [6.45, 7) is 0. The first-order valence-corrected chi connectivity index (χ1v) is 12.9. The van der Waals surface area contributed by atoms with Gasteiger partial charge in [0.2, 0.25) is 0 Å². The Hall–Kier alpha value is -3.38. The van der Waals surface area contributed by atoms with Crippen LogP contribution in [0.4, 0.5) is 0 Å². The highest BCUT2D eigenvalue weighted by atomic mass is 14.7. The highest BCUT2D eigenvalue weighted by Crippen LogP contribution is 2.80. The fourth-order valence-corrected chi connectivity index (χ4v) is 8.66. The summed E-state index contributed by atoms with van der Waals surface area (Å²) >= 11 is 0. The minimum absolute atomic E-state index is 0.1000. The summed E-state index contributed by atoms with van der Waals surface area (Å²) in [6, 6.07) is 41.6. The van der Waals surface area contributed by atoms with Crippen LogP contribution in [-0.4, -0.2) is 0 Å². The highest BCUT2D eigenvalue weighted by Gasteiger charge is 2.73. The Morgan fingerprint density at radius 2 is 1.26 bits per heavy atom. The molecule has 4 aliphatic carbocycles. The molecule has 0 amide bonds. The van der Waals surface area contributed by atoms with E-state index in [0.717, 1.165) is 0 Å². The van der Waals surface area contributed by atoms with E-state index in [2.05, 4.69) is 109 Å². The topological polar surface area (TPSA) is 0 Å². The first-order valence-electron chi connectivity index (χ1n) is 12.9. The van der Waals surface area contributed by atoms with Crippen molar-refractivity contribution in [2.45, 2.75) is 37.0 Å². The molecule has 0 saturated heterocycles. The molecule has 4 aromatic carbocycles. The number of fused-ring (bicyclic) bond motifs is 6. The van der Waals surface area contributed by atoms with Crippen LogP contribution in [0.15, 0.2) is 115 Å². The van der Waals surface area contributed by atoms with Crippen LogP contribution in [0.25, 0.3) is 5.57 Å². The molecule has 0 radical (unpaired) electrons. The average Bonchev–Trinajstić information content (AvgIpc) is 2.99. The highest BCUT2D eigenvalue weighted by molar-refractivity contribution is 5.88. The maximum atomic E-state index is 2.47. The summed E-state index contributed by atoms with van der Waals surface area (Å²) in [5.74, 6) is 1.29. The van der Waals surface area contributed by atoms with Crippen molar-refractivity contribution >= 4 is 5.57 Å². The maximum Gasteiger partial charge on any atom is 0.0527 e. The fraction of sp³-hybridized carbons (Fsp3) is 0.235. The molecule has 34 heavy (non-hydrogen) atoms. The van der Waals surface area contributed by atoms with Gasteiger partial charge in [-0.3, -0.25) is 0 Å². The van der Waals surface area contributed by atoms with Gasteiger partial charge in [0, 0.05) is 5.41 Å². The predicted molar refractivity (Wildman–Crippen MR) is 139 cm³/mol. The van der Waals surface area contributed by atoms with E-state index in [1.54, 1.807) is 16.7 Å². The van der Waals surface area contributed by atoms with E-state index in [0.29, 0.717) is 11.8 Å². The van der Waals surface area contributed by atoms with E-state index in [1.807, 2.05) is 0 Å². The van der Waals surface area contributed by atoms with E-state index < -0.39 is 0 Å². The Morgan fingerprint density at radius 1 is 0.588 bits per heavy atom. The van der Waals surface area contributed by atoms with E-state index in [-0.39, 0.29) is 10.8 Å². The van der Waals surface area contributed by atoms with Gasteiger partial charge in [0.15, 0.2) is 0 Å². The van der Waals surface area contributed by atoms with Gasteiger partial charge in [-0.2, -0.15) is 0 Å². The van der Waals surface area contributed by atoms with E-state index in [4.69, 9.17) is 0 Å². The lowest BCUT2D eigenvalue weighted by molar-refractivity contribution is -0.0210. The second-order valence-electron chi connectivity index (χ2n) is 10.7. The van der Waals surface area contributed by atoms with E-state index >= 15 is 0 Å². The molecule has 0 heterocycles. The molecule has 1 unspecified atom stereocenters. The zero-order chi connectivity index (χ0) is 22.3. The van der Waals surface area contributed by atoms with Crippen LogP contribution in [0.3, 0.4) is 0 Å². The molecule has 0 N–H and O–H groups in total. The number of hydrogen-bond donors (Lipinski definition) is 0. The Kier molecular flexibility index (Phi) is 3.69. The number of rotatable bonds is 2. The summed E-state index contributed by atoms with van der Waals surface area (Å²) < 4.78 is 0. The van der Waals surface area contributed by atoms with Gasteiger partial charge in [0.1, 0.15) is 0 Å². The monoisotopic (exact) mass is 436 g/mol. The largest absolute Gasteiger partial charge is 0.0622 e. The van der Waals surface area contributed by atoms with Crippen molar-refractivity contribution in [3.8, 4) is 0 Å². The molecule has 0 aromatic heterocycles. The molecule has 1 spiro atoms. The van der Waals surface area contributed by atoms with E-state index in [1.165, 1.54) is 53.5 Å². The second kappa shape index (κ2) is 6.60. The summed E-state index contributed by atoms with van der Waals surface area (Å²) in [5.41, 5.74) is 12.4. The third-order valence-electron chi connectivity index (χ3n) is 9.84. The van der Waals surface area contributed by atoms with Crippen LogP contribution < -0.4 is 0 Å². The zero-order valence-corrected chi connectivity index (χ0v) is 19.4. The molecule has 8 rings (SSSR count). The zero-order valence-electron chi connectivity index (χ0n) is 19.4. The van der Waals surface area contributed by atoms with Crippen LogP contribution in [0.2, 0.25) is 0 Å². The smallest absolute Gasteiger partial charge is 0.0527 e. The molecular weight excluding hydrogens is 408 g/mol. The first kappa shape index (κ1) is 19.0. The van der Waals surface area contributed by atoms with Crippen molar-refractivity contribution < 1.29 is 0 Å². The van der Waals surface area contributed by atoms with Crippen LogP contribution in [-0.2, 0) is 5.41 Å². The molecule has 0 bridgehead atoms. The van der Waals surface area contributed by atoms with Crippen molar-refractivity contribution in [1.29, 1.82) is 0 Å². The molecule has 4 atom stereocenters. The van der Waals surface area contributed by atoms with Gasteiger partial charge in [-0.05, 0) is 76.5 Å². The lowest BCUT2D eigenvalue weighted by atomic mass is 9.40. The maximum absolute atomic E-state index is 2.47. The van der Waals surface area contributed by atoms with Gasteiger partial charge in [-0.15, -0.1) is 0 Å². The van der Waals surface area contributed by atoms with Gasteiger partial charge < -0.3 is 0 Å². The number of allylic oxidation sites excluding steroid dienone is 1. The summed E-state index contributed by atoms with van der Waals surface area (Å²) in [7, 11) is 0. The van der Waals surface area contributed by atoms with Gasteiger partial charge in [0.05, 0.1) is 5.41 Å². The molecule has 0 nitrogen and oxygen atoms in total. The van der Waals surface area contributed by atoms with Crippen molar-refractivity contribution in [3.05, 3.63) is 148 Å². The molecule has 2 saturated carbocycles. The Bertz CT molecular complexity index is 1460. The molecule has 4 aliphatic rings. The normalized spacial score (nSPS) is 30.0. The van der Waals surface area contributed by atoms with Crippen molar-refractivity contribution in [3.63, 3.8) is 0 Å². The molecule has 4 aromatic rings. The summed E-state index contributed by atoms with van der Waals surface area (Å²) in [4.78, 5) is 0. The predicted octanol–water partition coefficient (Wildman–Crippen LogP) is 8.12. The molecule has 2 fully saturated rings. The minimum atomic E-state index is -0.1000. The van der Waals surface area contributed by atoms with Crippen molar-refractivity contribution in [2.75, 3.05) is 0 Å². The summed E-state index contributed by atoms with van der Waals surface area (Å²) in [6.07, 6.45) is 5.18. The molecule has 0 heteroatoms. The third-order valence-corrected chi connectivity index (χ3v) is 9.84. The van der Waals surface area contributed by atoms with Crippen molar-refractivity contribution in [1.82, 2.24) is 0 Å². The summed E-state index contributed by atoms with van der Waals surface area (Å²) in [5, 5.41) is 0. The molecule has 0 aliphatic heterocycles. The quantitative estimate of drug-likeness (QED) is 0.298. The van der Waals surface area contributed by atoms with E-state index in [9.17, 15) is 0 Å². The third kappa shape index (κ3) is 1.99. The standard InChI is InChI=1S/C34H28/c1-3-11-23(12-4-1)32-26-16-8-10-18-31(26)34(24-13-5-2-6-14-24)30-17-9-7-15-25(30)29-21-22-33(29,34)28-20-19-27(28)32/h1-18,28-29H,19-22H2/t28-,29+,33?,34-/m0/s1.